The van der Waals surface area contributed by atoms with E-state index in [0.717, 1.165) is 0 Å². The van der Waals surface area contributed by atoms with Crippen LogP contribution < -0.4 is 0 Å². The van der Waals surface area contributed by atoms with Crippen molar-refractivity contribution in [1.82, 2.24) is 0 Å². The largest absolute Gasteiger partial charge is 0.460 e. The van der Waals surface area contributed by atoms with Crippen LogP contribution in [0.15, 0.2) is 0 Å². The lowest BCUT2D eigenvalue weighted by Crippen LogP contribution is -2.63. The molecule has 0 aromatic carbocycles. The Balaban J connectivity index is 2.35. The molecule has 2 rings (SSSR count). The summed E-state index contributed by atoms with van der Waals surface area (Å²) < 4.78 is 38.4. The predicted octanol–water partition coefficient (Wildman–Crippen LogP) is 0.265. The summed E-state index contributed by atoms with van der Waals surface area (Å²) in [6, 6.07) is 0. The minimum atomic E-state index is -1.58. The molecule has 2 saturated heterocycles. The zero-order valence-electron chi connectivity index (χ0n) is 15.4. The zero-order chi connectivity index (χ0) is 19.5. The topological polar surface area (TPSA) is 116 Å². The van der Waals surface area contributed by atoms with Crippen molar-refractivity contribution in [2.24, 2.45) is 0 Å². The van der Waals surface area contributed by atoms with E-state index in [2.05, 4.69) is 0 Å². The number of ether oxygens (including phenoxy) is 7. The quantitative estimate of drug-likeness (QED) is 0.472. The maximum atomic E-state index is 11.6. The first-order valence-electron chi connectivity index (χ1n) is 8.24. The molecule has 10 nitrogen and oxygen atoms in total. The van der Waals surface area contributed by atoms with E-state index in [1.165, 1.54) is 27.7 Å². The van der Waals surface area contributed by atoms with Crippen LogP contribution >= 0.6 is 0 Å². The van der Waals surface area contributed by atoms with E-state index in [1.54, 1.807) is 6.92 Å². The Morgan fingerprint density at radius 1 is 1.08 bits per heavy atom. The molecule has 0 N–H and O–H groups in total. The van der Waals surface area contributed by atoms with Crippen LogP contribution in [-0.4, -0.2) is 67.8 Å². The van der Waals surface area contributed by atoms with Crippen LogP contribution in [0, 0.1) is 0 Å². The van der Waals surface area contributed by atoms with Crippen LogP contribution in [0.1, 0.15) is 34.6 Å². The predicted molar refractivity (Wildman–Crippen MR) is 82.4 cm³/mol. The van der Waals surface area contributed by atoms with E-state index in [-0.39, 0.29) is 19.8 Å². The smallest absolute Gasteiger partial charge is 0.303 e. The summed E-state index contributed by atoms with van der Waals surface area (Å²) in [5, 5.41) is 0. The van der Waals surface area contributed by atoms with Crippen LogP contribution in [-0.2, 0) is 47.5 Å². The zero-order valence-corrected chi connectivity index (χ0v) is 15.4. The molecule has 10 heteroatoms. The molecule has 2 aliphatic heterocycles. The van der Waals surface area contributed by atoms with Gasteiger partial charge in [0.25, 0.3) is 5.97 Å². The Kier molecular flexibility index (Phi) is 6.22. The molecule has 0 aromatic rings. The molecule has 2 heterocycles. The van der Waals surface area contributed by atoms with Crippen molar-refractivity contribution in [3.05, 3.63) is 0 Å². The monoisotopic (exact) mass is 376 g/mol. The molecule has 148 valence electrons. The molecule has 5 atom stereocenters. The number of fused-ring (bicyclic) bond motifs is 1. The molecule has 2 unspecified atom stereocenters. The van der Waals surface area contributed by atoms with Crippen LogP contribution in [0.4, 0.5) is 0 Å². The fourth-order valence-corrected chi connectivity index (χ4v) is 2.98. The van der Waals surface area contributed by atoms with Crippen molar-refractivity contribution in [2.75, 3.05) is 19.8 Å². The molecule has 0 saturated carbocycles. The lowest BCUT2D eigenvalue weighted by atomic mass is 9.97. The van der Waals surface area contributed by atoms with Gasteiger partial charge in [0.1, 0.15) is 6.61 Å². The molecule has 2 fully saturated rings. The highest BCUT2D eigenvalue weighted by Crippen LogP contribution is 2.44. The number of hydrogen-bond acceptors (Lipinski definition) is 10. The third-order valence-corrected chi connectivity index (χ3v) is 3.79. The molecule has 0 aliphatic carbocycles. The molecular formula is C16H24O10. The van der Waals surface area contributed by atoms with Crippen molar-refractivity contribution in [1.29, 1.82) is 0 Å². The molecule has 2 aliphatic rings. The van der Waals surface area contributed by atoms with Crippen LogP contribution in [0.3, 0.4) is 0 Å². The molecule has 0 aromatic heterocycles. The van der Waals surface area contributed by atoms with E-state index < -0.39 is 48.0 Å². The first-order valence-corrected chi connectivity index (χ1v) is 8.24. The van der Waals surface area contributed by atoms with E-state index in [4.69, 9.17) is 33.2 Å². The summed E-state index contributed by atoms with van der Waals surface area (Å²) in [7, 11) is 0. The third-order valence-electron chi connectivity index (χ3n) is 3.79. The summed E-state index contributed by atoms with van der Waals surface area (Å²) in [6.45, 7) is 6.72. The van der Waals surface area contributed by atoms with E-state index in [9.17, 15) is 14.4 Å². The maximum Gasteiger partial charge on any atom is 0.303 e. The summed E-state index contributed by atoms with van der Waals surface area (Å²) in [5.74, 6) is -4.84. The van der Waals surface area contributed by atoms with Gasteiger partial charge in [-0.2, -0.15) is 0 Å². The molecule has 0 radical (unpaired) electrons. The Hall–Kier alpha value is -1.75. The maximum absolute atomic E-state index is 11.6. The van der Waals surface area contributed by atoms with Gasteiger partial charge in [-0.1, -0.05) is 0 Å². The SMILES string of the molecule is CCOC1(C)OC2[C@@H](OC(C)=O)[C@H](OC(C)=O)CO[C@]2(COC(C)=O)O1. The number of esters is 3. The van der Waals surface area contributed by atoms with E-state index >= 15 is 0 Å². The number of carbonyl (C=O) groups excluding carboxylic acids is 3. The summed E-state index contributed by atoms with van der Waals surface area (Å²) >= 11 is 0. The number of rotatable bonds is 6. The Bertz CT molecular complexity index is 563. The summed E-state index contributed by atoms with van der Waals surface area (Å²) in [6.07, 6.45) is -3.01. The van der Waals surface area contributed by atoms with Gasteiger partial charge in [0.2, 0.25) is 5.79 Å². The van der Waals surface area contributed by atoms with Gasteiger partial charge in [-0.15, -0.1) is 0 Å². The van der Waals surface area contributed by atoms with Crippen molar-refractivity contribution in [3.8, 4) is 0 Å². The Morgan fingerprint density at radius 2 is 1.73 bits per heavy atom. The Labute approximate surface area is 150 Å². The number of hydrogen-bond donors (Lipinski definition) is 0. The molecule has 0 amide bonds. The van der Waals surface area contributed by atoms with Gasteiger partial charge in [-0.3, -0.25) is 19.1 Å². The lowest BCUT2D eigenvalue weighted by molar-refractivity contribution is -0.367. The van der Waals surface area contributed by atoms with Crippen molar-refractivity contribution >= 4 is 17.9 Å². The van der Waals surface area contributed by atoms with Gasteiger partial charge in [0.15, 0.2) is 18.3 Å². The Morgan fingerprint density at radius 3 is 2.27 bits per heavy atom. The average Bonchev–Trinajstić information content (AvgIpc) is 2.81. The summed E-state index contributed by atoms with van der Waals surface area (Å²) in [5.41, 5.74) is 0. The second-order valence-corrected chi connectivity index (χ2v) is 6.06. The van der Waals surface area contributed by atoms with Gasteiger partial charge in [-0.05, 0) is 6.92 Å². The molecular weight excluding hydrogens is 352 g/mol. The van der Waals surface area contributed by atoms with Gasteiger partial charge in [-0.25, -0.2) is 0 Å². The van der Waals surface area contributed by atoms with Crippen LogP contribution in [0.25, 0.3) is 0 Å². The highest BCUT2D eigenvalue weighted by molar-refractivity contribution is 5.67. The minimum Gasteiger partial charge on any atom is -0.460 e. The van der Waals surface area contributed by atoms with Gasteiger partial charge >= 0.3 is 17.9 Å². The van der Waals surface area contributed by atoms with Gasteiger partial charge in [0.05, 0.1) is 6.61 Å². The highest BCUT2D eigenvalue weighted by atomic mass is 17.0. The van der Waals surface area contributed by atoms with Crippen LogP contribution in [0.2, 0.25) is 0 Å². The first kappa shape index (κ1) is 20.6. The standard InChI is InChI=1S/C16H24O10/c1-6-21-15(5)25-14-13(24-11(4)19)12(23-10(3)18)7-22-16(14,26-15)8-20-9(2)17/h12-14H,6-8H2,1-5H3/t12-,13+,14?,15?,16-/m1/s1. The van der Waals surface area contributed by atoms with Crippen molar-refractivity contribution in [3.63, 3.8) is 0 Å². The van der Waals surface area contributed by atoms with Crippen molar-refractivity contribution < 1.29 is 47.5 Å². The molecule has 0 spiro atoms. The normalized spacial score (nSPS) is 36.1. The second-order valence-electron chi connectivity index (χ2n) is 6.06. The summed E-state index contributed by atoms with van der Waals surface area (Å²) in [4.78, 5) is 34.2. The van der Waals surface area contributed by atoms with E-state index in [0.29, 0.717) is 0 Å². The fourth-order valence-electron chi connectivity index (χ4n) is 2.98. The average molecular weight is 376 g/mol. The fraction of sp³-hybridized carbons (Fsp3) is 0.812. The van der Waals surface area contributed by atoms with Gasteiger partial charge in [0, 0.05) is 34.3 Å². The molecule has 0 bridgehead atoms. The van der Waals surface area contributed by atoms with E-state index in [1.807, 2.05) is 0 Å². The minimum absolute atomic E-state index is 0.152. The highest BCUT2D eigenvalue weighted by Gasteiger charge is 2.66. The van der Waals surface area contributed by atoms with Gasteiger partial charge < -0.3 is 28.4 Å². The first-order chi connectivity index (χ1) is 12.1. The van der Waals surface area contributed by atoms with Crippen molar-refractivity contribution in [2.45, 2.75) is 64.7 Å². The van der Waals surface area contributed by atoms with Crippen LogP contribution in [0.5, 0.6) is 0 Å². The third kappa shape index (κ3) is 4.50. The lowest BCUT2D eigenvalue weighted by Gasteiger charge is -2.42. The second kappa shape index (κ2) is 7.87. The number of carbonyl (C=O) groups is 3. The molecule has 26 heavy (non-hydrogen) atoms.